The Hall–Kier alpha value is -1.88. The summed E-state index contributed by atoms with van der Waals surface area (Å²) >= 11 is 0. The first-order valence-electron chi connectivity index (χ1n) is 3.32. The summed E-state index contributed by atoms with van der Waals surface area (Å²) in [7, 11) is 0. The zero-order chi connectivity index (χ0) is 9.84. The molecule has 0 saturated heterocycles. The Morgan fingerprint density at radius 3 is 2.54 bits per heavy atom. The minimum Gasteiger partial charge on any atom is -0.478 e. The van der Waals surface area contributed by atoms with Crippen molar-refractivity contribution < 1.29 is 24.8 Å². The van der Waals surface area contributed by atoms with Crippen LogP contribution in [-0.4, -0.2) is 22.6 Å². The lowest BCUT2D eigenvalue weighted by Crippen LogP contribution is -1.98. The predicted octanol–water partition coefficient (Wildman–Crippen LogP) is 1.05. The number of carbonyl (C=O) groups excluding carboxylic acids is 1. The van der Waals surface area contributed by atoms with Crippen LogP contribution in [0.25, 0.3) is 0 Å². The lowest BCUT2D eigenvalue weighted by atomic mass is 10.1. The SMILES string of the molecule is O=Cc1cc(OO)cc(C(=O)O)c1. The van der Waals surface area contributed by atoms with E-state index in [-0.39, 0.29) is 16.9 Å². The molecule has 1 aromatic rings. The van der Waals surface area contributed by atoms with Crippen molar-refractivity contribution in [3.8, 4) is 5.75 Å². The average Bonchev–Trinajstić information content (AvgIpc) is 2.16. The maximum Gasteiger partial charge on any atom is 0.335 e. The van der Waals surface area contributed by atoms with Gasteiger partial charge in [0.1, 0.15) is 6.29 Å². The van der Waals surface area contributed by atoms with Gasteiger partial charge in [-0.25, -0.2) is 10.1 Å². The summed E-state index contributed by atoms with van der Waals surface area (Å²) in [5, 5.41) is 16.8. The molecule has 0 radical (unpaired) electrons. The van der Waals surface area contributed by atoms with Crippen LogP contribution < -0.4 is 4.89 Å². The minimum atomic E-state index is -1.19. The van der Waals surface area contributed by atoms with Crippen molar-refractivity contribution in [2.24, 2.45) is 0 Å². The number of hydrogen-bond acceptors (Lipinski definition) is 4. The maximum atomic E-state index is 10.5. The van der Waals surface area contributed by atoms with E-state index in [4.69, 9.17) is 10.4 Å². The van der Waals surface area contributed by atoms with E-state index in [0.29, 0.717) is 6.29 Å². The number of carbonyl (C=O) groups is 2. The van der Waals surface area contributed by atoms with Crippen LogP contribution in [0, 0.1) is 0 Å². The minimum absolute atomic E-state index is 0.0815. The molecule has 13 heavy (non-hydrogen) atoms. The summed E-state index contributed by atoms with van der Waals surface area (Å²) in [5.41, 5.74) is 0.0117. The van der Waals surface area contributed by atoms with Gasteiger partial charge in [0, 0.05) is 5.56 Å². The van der Waals surface area contributed by atoms with E-state index in [2.05, 4.69) is 4.89 Å². The summed E-state index contributed by atoms with van der Waals surface area (Å²) in [6.45, 7) is 0. The topological polar surface area (TPSA) is 83.8 Å². The first-order chi connectivity index (χ1) is 6.17. The summed E-state index contributed by atoms with van der Waals surface area (Å²) in [6, 6.07) is 3.51. The summed E-state index contributed by atoms with van der Waals surface area (Å²) in [5.74, 6) is -1.27. The van der Waals surface area contributed by atoms with Crippen LogP contribution in [-0.2, 0) is 0 Å². The summed E-state index contributed by atoms with van der Waals surface area (Å²) in [4.78, 5) is 24.6. The van der Waals surface area contributed by atoms with Crippen LogP contribution in [0.2, 0.25) is 0 Å². The van der Waals surface area contributed by atoms with E-state index in [1.165, 1.54) is 12.1 Å². The van der Waals surface area contributed by atoms with Gasteiger partial charge in [0.25, 0.3) is 0 Å². The van der Waals surface area contributed by atoms with Crippen LogP contribution in [0.5, 0.6) is 5.75 Å². The van der Waals surface area contributed by atoms with Gasteiger partial charge in [0.15, 0.2) is 5.75 Å². The molecule has 0 aliphatic carbocycles. The lowest BCUT2D eigenvalue weighted by molar-refractivity contribution is -0.137. The Morgan fingerprint density at radius 1 is 1.38 bits per heavy atom. The van der Waals surface area contributed by atoms with Crippen LogP contribution in [0.3, 0.4) is 0 Å². The number of rotatable bonds is 3. The van der Waals surface area contributed by atoms with E-state index < -0.39 is 5.97 Å². The van der Waals surface area contributed by atoms with Crippen molar-refractivity contribution in [1.82, 2.24) is 0 Å². The van der Waals surface area contributed by atoms with E-state index in [1.54, 1.807) is 0 Å². The fourth-order valence-electron chi connectivity index (χ4n) is 0.866. The van der Waals surface area contributed by atoms with E-state index in [9.17, 15) is 9.59 Å². The van der Waals surface area contributed by atoms with Crippen molar-refractivity contribution in [3.05, 3.63) is 29.3 Å². The molecule has 0 aromatic heterocycles. The normalized spacial score (nSPS) is 9.31. The van der Waals surface area contributed by atoms with Crippen molar-refractivity contribution in [2.45, 2.75) is 0 Å². The zero-order valence-electron chi connectivity index (χ0n) is 6.43. The highest BCUT2D eigenvalue weighted by Crippen LogP contribution is 2.15. The number of aromatic carboxylic acids is 1. The van der Waals surface area contributed by atoms with Crippen molar-refractivity contribution in [3.63, 3.8) is 0 Å². The molecule has 0 atom stereocenters. The zero-order valence-corrected chi connectivity index (χ0v) is 6.43. The number of aldehydes is 1. The van der Waals surface area contributed by atoms with Crippen LogP contribution in [0.15, 0.2) is 18.2 Å². The van der Waals surface area contributed by atoms with Crippen LogP contribution >= 0.6 is 0 Å². The number of benzene rings is 1. The molecule has 1 rings (SSSR count). The van der Waals surface area contributed by atoms with Gasteiger partial charge in [-0.05, 0) is 18.2 Å². The molecule has 0 heterocycles. The Balaban J connectivity index is 3.22. The molecular weight excluding hydrogens is 176 g/mol. The average molecular weight is 182 g/mol. The fraction of sp³-hybridized carbons (Fsp3) is 0. The van der Waals surface area contributed by atoms with E-state index in [1.807, 2.05) is 0 Å². The van der Waals surface area contributed by atoms with Gasteiger partial charge < -0.3 is 9.99 Å². The number of carboxylic acid groups (broad SMARTS) is 1. The van der Waals surface area contributed by atoms with E-state index in [0.717, 1.165) is 6.07 Å². The predicted molar refractivity (Wildman–Crippen MR) is 42.0 cm³/mol. The van der Waals surface area contributed by atoms with Gasteiger partial charge in [-0.15, -0.1) is 0 Å². The van der Waals surface area contributed by atoms with Gasteiger partial charge in [0.05, 0.1) is 5.56 Å². The molecule has 0 bridgehead atoms. The molecule has 0 fully saturated rings. The molecule has 5 nitrogen and oxygen atoms in total. The first kappa shape index (κ1) is 9.21. The lowest BCUT2D eigenvalue weighted by Gasteiger charge is -1.99. The third-order valence-electron chi connectivity index (χ3n) is 1.42. The Morgan fingerprint density at radius 2 is 2.08 bits per heavy atom. The molecule has 68 valence electrons. The summed E-state index contributed by atoms with van der Waals surface area (Å²) < 4.78 is 0. The van der Waals surface area contributed by atoms with Gasteiger partial charge in [-0.3, -0.25) is 4.79 Å². The molecule has 0 saturated carbocycles. The first-order valence-corrected chi connectivity index (χ1v) is 3.32. The molecular formula is C8H6O5. The van der Waals surface area contributed by atoms with Gasteiger partial charge in [-0.2, -0.15) is 0 Å². The molecule has 1 aromatic carbocycles. The van der Waals surface area contributed by atoms with Crippen molar-refractivity contribution in [1.29, 1.82) is 0 Å². The highest BCUT2D eigenvalue weighted by Gasteiger charge is 2.07. The molecule has 0 spiro atoms. The van der Waals surface area contributed by atoms with Gasteiger partial charge in [-0.1, -0.05) is 0 Å². The van der Waals surface area contributed by atoms with Gasteiger partial charge >= 0.3 is 5.97 Å². The molecule has 0 aliphatic rings. The van der Waals surface area contributed by atoms with E-state index >= 15 is 0 Å². The molecule has 5 heteroatoms. The highest BCUT2D eigenvalue weighted by molar-refractivity contribution is 5.90. The smallest absolute Gasteiger partial charge is 0.335 e. The monoisotopic (exact) mass is 182 g/mol. The van der Waals surface area contributed by atoms with Gasteiger partial charge in [0.2, 0.25) is 0 Å². The third kappa shape index (κ3) is 2.03. The largest absolute Gasteiger partial charge is 0.478 e. The second kappa shape index (κ2) is 3.68. The maximum absolute atomic E-state index is 10.5. The Labute approximate surface area is 73.1 Å². The van der Waals surface area contributed by atoms with Crippen LogP contribution in [0.4, 0.5) is 0 Å². The third-order valence-corrected chi connectivity index (χ3v) is 1.42. The van der Waals surface area contributed by atoms with Crippen LogP contribution in [0.1, 0.15) is 20.7 Å². The Bertz CT molecular complexity index is 344. The van der Waals surface area contributed by atoms with Crippen molar-refractivity contribution >= 4 is 12.3 Å². The fourth-order valence-corrected chi connectivity index (χ4v) is 0.866. The second-order valence-corrected chi connectivity index (χ2v) is 2.31. The standard InChI is InChI=1S/C8H6O5/c9-4-5-1-6(8(10)11)3-7(2-5)13-12/h1-4,12H,(H,10,11). The highest BCUT2D eigenvalue weighted by atomic mass is 17.1. The molecule has 0 unspecified atom stereocenters. The summed E-state index contributed by atoms with van der Waals surface area (Å²) in [6.07, 6.45) is 0.467. The Kier molecular flexibility index (Phi) is 2.61. The molecule has 0 amide bonds. The molecule has 0 aliphatic heterocycles. The molecule has 2 N–H and O–H groups in total. The van der Waals surface area contributed by atoms with Crippen molar-refractivity contribution in [2.75, 3.05) is 0 Å². The second-order valence-electron chi connectivity index (χ2n) is 2.31. The number of carboxylic acids is 1. The quantitative estimate of drug-likeness (QED) is 0.414. The number of hydrogen-bond donors (Lipinski definition) is 2.